The number of rotatable bonds is 24. The van der Waals surface area contributed by atoms with E-state index in [-0.39, 0.29) is 19.4 Å². The van der Waals surface area contributed by atoms with Gasteiger partial charge in [0.15, 0.2) is 0 Å². The Morgan fingerprint density at radius 1 is 0.917 bits per heavy atom. The van der Waals surface area contributed by atoms with Crippen LogP contribution < -0.4 is 27.0 Å². The highest BCUT2D eigenvalue weighted by Gasteiger charge is 2.32. The van der Waals surface area contributed by atoms with Gasteiger partial charge in [0.2, 0.25) is 29.5 Å². The Balaban J connectivity index is 2.80. The Bertz CT molecular complexity index is 1210. The number of carboxylic acid groups (broad SMARTS) is 2. The van der Waals surface area contributed by atoms with Gasteiger partial charge in [-0.1, -0.05) is 39.0 Å². The number of nitrogens with one attached hydrogen (secondary N) is 5. The summed E-state index contributed by atoms with van der Waals surface area (Å²) in [5.41, 5.74) is 6.40. The van der Waals surface area contributed by atoms with Gasteiger partial charge in [0, 0.05) is 25.6 Å². The molecule has 0 radical (unpaired) electrons. The SMILES string of the molecule is CCCCCCCCN(CC(=O)O)C(=O)[C@@H](NC(=O)CNC(=O)[C@H](CCC(=O)O)NC(=O)C(C)NC(=O)C(N)Cc1c[nH]cn1)[C@@H](C)O. The topological polar surface area (TPSA) is 286 Å². The lowest BCUT2D eigenvalue weighted by Crippen LogP contribution is -2.57. The van der Waals surface area contributed by atoms with Crippen molar-refractivity contribution < 1.29 is 48.9 Å². The number of aliphatic hydroxyl groups is 1. The number of carboxylic acids is 2. The van der Waals surface area contributed by atoms with E-state index in [1.54, 1.807) is 6.20 Å². The molecule has 18 heteroatoms. The summed E-state index contributed by atoms with van der Waals surface area (Å²) in [6, 6.07) is -5.14. The first-order valence-corrected chi connectivity index (χ1v) is 16.0. The Labute approximate surface area is 279 Å². The third-order valence-electron chi connectivity index (χ3n) is 7.26. The van der Waals surface area contributed by atoms with Crippen LogP contribution in [0.15, 0.2) is 12.5 Å². The molecular weight excluding hydrogens is 632 g/mol. The number of hydrogen-bond acceptors (Lipinski definition) is 10. The quantitative estimate of drug-likeness (QED) is 0.0557. The number of aliphatic hydroxyl groups excluding tert-OH is 1. The number of nitrogens with two attached hydrogens (primary N) is 1. The molecule has 0 aromatic carbocycles. The van der Waals surface area contributed by atoms with E-state index in [0.717, 1.165) is 37.0 Å². The van der Waals surface area contributed by atoms with Crippen molar-refractivity contribution in [1.29, 1.82) is 0 Å². The molecule has 48 heavy (non-hydrogen) atoms. The second-order valence-electron chi connectivity index (χ2n) is 11.5. The van der Waals surface area contributed by atoms with Crippen LogP contribution in [0.2, 0.25) is 0 Å². The molecule has 5 atom stereocenters. The highest BCUT2D eigenvalue weighted by molar-refractivity contribution is 5.95. The molecule has 270 valence electrons. The van der Waals surface area contributed by atoms with E-state index in [9.17, 15) is 43.8 Å². The van der Waals surface area contributed by atoms with Crippen LogP contribution in [0.25, 0.3) is 0 Å². The van der Waals surface area contributed by atoms with Crippen molar-refractivity contribution in [2.24, 2.45) is 5.73 Å². The molecule has 5 amide bonds. The fourth-order valence-corrected chi connectivity index (χ4v) is 4.55. The minimum atomic E-state index is -1.51. The van der Waals surface area contributed by atoms with Gasteiger partial charge in [-0.15, -0.1) is 0 Å². The summed E-state index contributed by atoms with van der Waals surface area (Å²) in [4.78, 5) is 94.4. The van der Waals surface area contributed by atoms with E-state index in [2.05, 4.69) is 38.2 Å². The molecule has 0 spiro atoms. The lowest BCUT2D eigenvalue weighted by Gasteiger charge is -2.28. The highest BCUT2D eigenvalue weighted by atomic mass is 16.4. The van der Waals surface area contributed by atoms with Gasteiger partial charge in [0.25, 0.3) is 0 Å². The summed E-state index contributed by atoms with van der Waals surface area (Å²) in [7, 11) is 0. The number of H-pyrrole nitrogens is 1. The first-order valence-electron chi connectivity index (χ1n) is 16.0. The van der Waals surface area contributed by atoms with Crippen LogP contribution in [0.4, 0.5) is 0 Å². The van der Waals surface area contributed by atoms with E-state index < -0.39 is 91.3 Å². The molecule has 0 fully saturated rings. The average Bonchev–Trinajstić information content (AvgIpc) is 3.53. The van der Waals surface area contributed by atoms with Crippen molar-refractivity contribution >= 4 is 41.5 Å². The summed E-state index contributed by atoms with van der Waals surface area (Å²) >= 11 is 0. The molecule has 18 nitrogen and oxygen atoms in total. The monoisotopic (exact) mass is 682 g/mol. The first kappa shape index (κ1) is 41.4. The number of aromatic nitrogens is 2. The fourth-order valence-electron chi connectivity index (χ4n) is 4.55. The van der Waals surface area contributed by atoms with Gasteiger partial charge in [-0.3, -0.25) is 33.6 Å². The molecular formula is C30H50N8O10. The van der Waals surface area contributed by atoms with Crippen LogP contribution in [0, 0.1) is 0 Å². The van der Waals surface area contributed by atoms with Gasteiger partial charge in [-0.2, -0.15) is 0 Å². The molecule has 1 aromatic heterocycles. The molecule has 0 bridgehead atoms. The molecule has 10 N–H and O–H groups in total. The number of aromatic amines is 1. The number of hydrogen-bond donors (Lipinski definition) is 9. The van der Waals surface area contributed by atoms with E-state index >= 15 is 0 Å². The van der Waals surface area contributed by atoms with E-state index in [1.165, 1.54) is 20.2 Å². The zero-order valence-corrected chi connectivity index (χ0v) is 27.7. The van der Waals surface area contributed by atoms with Crippen LogP contribution in [0.5, 0.6) is 0 Å². The second kappa shape index (κ2) is 22.1. The molecule has 1 aromatic rings. The summed E-state index contributed by atoms with van der Waals surface area (Å²) in [5.74, 6) is -6.66. The zero-order valence-electron chi connectivity index (χ0n) is 27.7. The van der Waals surface area contributed by atoms with E-state index in [1.807, 2.05) is 0 Å². The third kappa shape index (κ3) is 16.3. The van der Waals surface area contributed by atoms with Gasteiger partial charge in [0.1, 0.15) is 24.7 Å². The first-order chi connectivity index (χ1) is 22.7. The summed E-state index contributed by atoms with van der Waals surface area (Å²) in [6.45, 7) is 3.40. The molecule has 2 unspecified atom stereocenters. The molecule has 1 heterocycles. The van der Waals surface area contributed by atoms with Crippen molar-refractivity contribution in [3.8, 4) is 0 Å². The smallest absolute Gasteiger partial charge is 0.323 e. The Morgan fingerprint density at radius 2 is 1.58 bits per heavy atom. The van der Waals surface area contributed by atoms with E-state index in [4.69, 9.17) is 10.8 Å². The van der Waals surface area contributed by atoms with Crippen molar-refractivity contribution in [2.45, 2.75) is 109 Å². The molecule has 0 aliphatic carbocycles. The summed E-state index contributed by atoms with van der Waals surface area (Å²) in [5, 5.41) is 38.0. The van der Waals surface area contributed by atoms with Crippen molar-refractivity contribution in [3.63, 3.8) is 0 Å². The van der Waals surface area contributed by atoms with Gasteiger partial charge < -0.3 is 52.2 Å². The minimum Gasteiger partial charge on any atom is -0.481 e. The largest absolute Gasteiger partial charge is 0.481 e. The summed E-state index contributed by atoms with van der Waals surface area (Å²) in [6.07, 6.45) is 6.14. The number of carbonyl (C=O) groups excluding carboxylic acids is 5. The van der Waals surface area contributed by atoms with Crippen molar-refractivity contribution in [2.75, 3.05) is 19.6 Å². The Hall–Kier alpha value is -4.58. The lowest BCUT2D eigenvalue weighted by atomic mass is 10.1. The summed E-state index contributed by atoms with van der Waals surface area (Å²) < 4.78 is 0. The third-order valence-corrected chi connectivity index (χ3v) is 7.26. The fraction of sp³-hybridized carbons (Fsp3) is 0.667. The van der Waals surface area contributed by atoms with Crippen LogP contribution in [0.1, 0.15) is 77.8 Å². The Kier molecular flexibility index (Phi) is 19.1. The highest BCUT2D eigenvalue weighted by Crippen LogP contribution is 2.08. The molecule has 0 aliphatic heterocycles. The lowest BCUT2D eigenvalue weighted by molar-refractivity contribution is -0.147. The van der Waals surface area contributed by atoms with E-state index in [0.29, 0.717) is 12.1 Å². The molecule has 0 saturated carbocycles. The van der Waals surface area contributed by atoms with Gasteiger partial charge in [-0.05, 0) is 26.7 Å². The number of carbonyl (C=O) groups is 7. The number of nitrogens with zero attached hydrogens (tertiary/aromatic N) is 2. The number of imidazole rings is 1. The maximum atomic E-state index is 13.2. The average molecular weight is 683 g/mol. The van der Waals surface area contributed by atoms with Crippen LogP contribution in [-0.4, -0.2) is 122 Å². The van der Waals surface area contributed by atoms with Crippen molar-refractivity contribution in [1.82, 2.24) is 36.1 Å². The van der Waals surface area contributed by atoms with Gasteiger partial charge in [-0.25, -0.2) is 4.98 Å². The predicted octanol–water partition coefficient (Wildman–Crippen LogP) is -1.61. The molecule has 0 saturated heterocycles. The van der Waals surface area contributed by atoms with Crippen LogP contribution in [0.3, 0.4) is 0 Å². The standard InChI is InChI=1S/C30H50N8O10/c1-4-5-6-7-8-9-12-38(16-25(43)44)30(48)26(19(3)39)37-23(40)15-33-29(47)22(10-11-24(41)42)36-27(45)18(2)35-28(46)21(31)13-20-14-32-17-34-20/h14,17-19,21-22,26,39H,4-13,15-16,31H2,1-3H3,(H,32,34)(H,33,47)(H,35,46)(H,36,45)(H,37,40)(H,41,42)(H,43,44)/t18?,19-,21?,22+,26+/m1/s1. The minimum absolute atomic E-state index is 0.0909. The second-order valence-corrected chi connectivity index (χ2v) is 11.5. The Morgan fingerprint density at radius 3 is 2.17 bits per heavy atom. The number of amides is 5. The van der Waals surface area contributed by atoms with Gasteiger partial charge >= 0.3 is 11.9 Å². The van der Waals surface area contributed by atoms with Gasteiger partial charge in [0.05, 0.1) is 30.7 Å². The van der Waals surface area contributed by atoms with Crippen LogP contribution >= 0.6 is 0 Å². The molecule has 1 rings (SSSR count). The number of aliphatic carboxylic acids is 2. The predicted molar refractivity (Wildman–Crippen MR) is 171 cm³/mol. The van der Waals surface area contributed by atoms with Crippen molar-refractivity contribution in [3.05, 3.63) is 18.2 Å². The maximum Gasteiger partial charge on any atom is 0.323 e. The molecule has 0 aliphatic rings. The maximum absolute atomic E-state index is 13.2. The number of unbranched alkanes of at least 4 members (excludes halogenated alkanes) is 5. The zero-order chi connectivity index (χ0) is 36.2. The van der Waals surface area contributed by atoms with Crippen LogP contribution in [-0.2, 0) is 40.0 Å². The normalized spacial score (nSPS) is 14.0.